The number of benzene rings is 1. The monoisotopic (exact) mass is 418 g/mol. The van der Waals surface area contributed by atoms with Gasteiger partial charge in [-0.15, -0.1) is 0 Å². The highest BCUT2D eigenvalue weighted by molar-refractivity contribution is 5.79. The highest BCUT2D eigenvalue weighted by Gasteiger charge is 2.40. The molecule has 5 nitrogen and oxygen atoms in total. The maximum absolute atomic E-state index is 12.7. The van der Waals surface area contributed by atoms with Crippen molar-refractivity contribution in [2.45, 2.75) is 63.6 Å². The number of aryl methyl sites for hydroxylation is 1. The summed E-state index contributed by atoms with van der Waals surface area (Å²) in [6, 6.07) is 13.9. The second-order valence-corrected chi connectivity index (χ2v) is 9.58. The molecule has 0 unspecified atom stereocenters. The molecule has 2 saturated heterocycles. The fourth-order valence-electron chi connectivity index (χ4n) is 5.58. The largest absolute Gasteiger partial charge is 0.367 e. The van der Waals surface area contributed by atoms with Crippen molar-refractivity contribution in [1.82, 2.24) is 15.2 Å². The van der Waals surface area contributed by atoms with Crippen LogP contribution in [0.25, 0.3) is 0 Å². The molecule has 0 radical (unpaired) electrons. The lowest BCUT2D eigenvalue weighted by Crippen LogP contribution is -2.54. The number of piperazine rings is 1. The summed E-state index contributed by atoms with van der Waals surface area (Å²) in [4.78, 5) is 22.3. The van der Waals surface area contributed by atoms with E-state index in [0.717, 1.165) is 38.9 Å². The van der Waals surface area contributed by atoms with Gasteiger partial charge in [0.15, 0.2) is 0 Å². The Morgan fingerprint density at radius 2 is 1.84 bits per heavy atom. The molecule has 3 aliphatic rings. The number of rotatable bonds is 7. The SMILES string of the molecule is Cc1ccncc1N1C[C@H]2CC[C@@H](C1)N2CC[C@H](NC(=O)C1CCC1)c1ccccc1. The molecule has 0 spiro atoms. The summed E-state index contributed by atoms with van der Waals surface area (Å²) in [6.45, 7) is 5.38. The van der Waals surface area contributed by atoms with Crippen LogP contribution in [0.5, 0.6) is 0 Å². The molecule has 5 rings (SSSR count). The maximum atomic E-state index is 12.7. The van der Waals surface area contributed by atoms with Crippen LogP contribution in [0.4, 0.5) is 5.69 Å². The Kier molecular flexibility index (Phi) is 5.95. The van der Waals surface area contributed by atoms with Gasteiger partial charge in [0.05, 0.1) is 17.9 Å². The number of carbonyl (C=O) groups excluding carboxylic acids is 1. The van der Waals surface area contributed by atoms with E-state index in [-0.39, 0.29) is 17.9 Å². The van der Waals surface area contributed by atoms with E-state index in [1.54, 1.807) is 0 Å². The average Bonchev–Trinajstić information content (AvgIpc) is 2.98. The highest BCUT2D eigenvalue weighted by atomic mass is 16.2. The van der Waals surface area contributed by atoms with Crippen molar-refractivity contribution in [1.29, 1.82) is 0 Å². The van der Waals surface area contributed by atoms with Crippen molar-refractivity contribution in [2.75, 3.05) is 24.5 Å². The van der Waals surface area contributed by atoms with Crippen molar-refractivity contribution in [3.05, 3.63) is 59.9 Å². The van der Waals surface area contributed by atoms with Crippen molar-refractivity contribution < 1.29 is 4.79 Å². The molecule has 1 N–H and O–H groups in total. The third-order valence-electron chi connectivity index (χ3n) is 7.66. The lowest BCUT2D eigenvalue weighted by Gasteiger charge is -2.43. The quantitative estimate of drug-likeness (QED) is 0.736. The Bertz CT molecular complexity index is 883. The van der Waals surface area contributed by atoms with Crippen LogP contribution >= 0.6 is 0 Å². The Morgan fingerprint density at radius 1 is 1.10 bits per heavy atom. The first kappa shape index (κ1) is 20.5. The Balaban J connectivity index is 1.24. The van der Waals surface area contributed by atoms with Crippen LogP contribution in [0.3, 0.4) is 0 Å². The lowest BCUT2D eigenvalue weighted by molar-refractivity contribution is -0.128. The summed E-state index contributed by atoms with van der Waals surface area (Å²) in [5.74, 6) is 0.480. The molecule has 2 aliphatic heterocycles. The zero-order valence-electron chi connectivity index (χ0n) is 18.5. The number of hydrogen-bond acceptors (Lipinski definition) is 4. The highest BCUT2D eigenvalue weighted by Crippen LogP contribution is 2.34. The predicted molar refractivity (Wildman–Crippen MR) is 124 cm³/mol. The molecular weight excluding hydrogens is 384 g/mol. The summed E-state index contributed by atoms with van der Waals surface area (Å²) < 4.78 is 0. The Labute approximate surface area is 185 Å². The van der Waals surface area contributed by atoms with Gasteiger partial charge >= 0.3 is 0 Å². The number of nitrogens with zero attached hydrogens (tertiary/aromatic N) is 3. The minimum Gasteiger partial charge on any atom is -0.367 e. The number of hydrogen-bond donors (Lipinski definition) is 1. The van der Waals surface area contributed by atoms with Crippen molar-refractivity contribution in [3.8, 4) is 0 Å². The first-order chi connectivity index (χ1) is 15.2. The van der Waals surface area contributed by atoms with Gasteiger partial charge in [-0.2, -0.15) is 0 Å². The molecular formula is C26H34N4O. The van der Waals surface area contributed by atoms with Gasteiger partial charge < -0.3 is 10.2 Å². The minimum atomic E-state index is 0.104. The van der Waals surface area contributed by atoms with E-state index in [1.807, 2.05) is 18.5 Å². The number of amides is 1. The molecule has 5 heteroatoms. The summed E-state index contributed by atoms with van der Waals surface area (Å²) in [6.07, 6.45) is 10.7. The molecule has 3 fully saturated rings. The van der Waals surface area contributed by atoms with Gasteiger partial charge in [0.1, 0.15) is 0 Å². The second kappa shape index (κ2) is 8.99. The molecule has 1 aliphatic carbocycles. The number of pyridine rings is 1. The predicted octanol–water partition coefficient (Wildman–Crippen LogP) is 4.09. The molecule has 2 aromatic rings. The number of aromatic nitrogens is 1. The van der Waals surface area contributed by atoms with Crippen molar-refractivity contribution in [3.63, 3.8) is 0 Å². The fourth-order valence-corrected chi connectivity index (χ4v) is 5.58. The molecule has 1 aromatic heterocycles. The third-order valence-corrected chi connectivity index (χ3v) is 7.66. The van der Waals surface area contributed by atoms with Crippen LogP contribution in [0, 0.1) is 12.8 Å². The number of anilines is 1. The summed E-state index contributed by atoms with van der Waals surface area (Å²) in [5.41, 5.74) is 3.83. The van der Waals surface area contributed by atoms with E-state index in [2.05, 4.69) is 57.4 Å². The van der Waals surface area contributed by atoms with E-state index in [0.29, 0.717) is 12.1 Å². The van der Waals surface area contributed by atoms with E-state index in [1.165, 1.54) is 36.1 Å². The average molecular weight is 419 g/mol. The molecule has 3 atom stereocenters. The van der Waals surface area contributed by atoms with Gasteiger partial charge in [-0.1, -0.05) is 36.8 Å². The maximum Gasteiger partial charge on any atom is 0.223 e. The standard InChI is InChI=1S/C26H34N4O/c1-19-12-14-27-16-25(19)29-17-22-10-11-23(18-29)30(22)15-13-24(20-6-3-2-4-7-20)28-26(31)21-8-5-9-21/h2-4,6-7,12,14,16,21-24H,5,8-11,13,15,17-18H2,1H3,(H,28,31)/t22-,23+,24-/m0/s1. The smallest absolute Gasteiger partial charge is 0.223 e. The normalized spacial score (nSPS) is 24.6. The first-order valence-corrected chi connectivity index (χ1v) is 12.0. The minimum absolute atomic E-state index is 0.104. The van der Waals surface area contributed by atoms with E-state index in [9.17, 15) is 4.79 Å². The Morgan fingerprint density at radius 3 is 2.48 bits per heavy atom. The molecule has 3 heterocycles. The molecule has 2 bridgehead atoms. The van der Waals surface area contributed by atoms with Gasteiger partial charge in [0.25, 0.3) is 0 Å². The zero-order chi connectivity index (χ0) is 21.2. The second-order valence-electron chi connectivity index (χ2n) is 9.58. The van der Waals surface area contributed by atoms with Gasteiger partial charge in [-0.25, -0.2) is 0 Å². The number of carbonyl (C=O) groups is 1. The van der Waals surface area contributed by atoms with Gasteiger partial charge in [0, 0.05) is 43.8 Å². The molecule has 164 valence electrons. The Hall–Kier alpha value is -2.40. The topological polar surface area (TPSA) is 48.5 Å². The van der Waals surface area contributed by atoms with Gasteiger partial charge in [-0.05, 0) is 56.2 Å². The fraction of sp³-hybridized carbons (Fsp3) is 0.538. The van der Waals surface area contributed by atoms with Crippen LogP contribution in [0.1, 0.15) is 55.7 Å². The lowest BCUT2D eigenvalue weighted by atomic mass is 9.84. The first-order valence-electron chi connectivity index (χ1n) is 12.0. The van der Waals surface area contributed by atoms with Gasteiger partial charge in [-0.3, -0.25) is 14.7 Å². The summed E-state index contributed by atoms with van der Waals surface area (Å²) >= 11 is 0. The molecule has 1 aromatic carbocycles. The van der Waals surface area contributed by atoms with E-state index >= 15 is 0 Å². The van der Waals surface area contributed by atoms with Gasteiger partial charge in [0.2, 0.25) is 5.91 Å². The summed E-state index contributed by atoms with van der Waals surface area (Å²) in [5, 5.41) is 3.38. The van der Waals surface area contributed by atoms with Crippen LogP contribution in [-0.4, -0.2) is 47.5 Å². The van der Waals surface area contributed by atoms with Crippen molar-refractivity contribution >= 4 is 11.6 Å². The third kappa shape index (κ3) is 4.33. The molecule has 31 heavy (non-hydrogen) atoms. The van der Waals surface area contributed by atoms with E-state index in [4.69, 9.17) is 0 Å². The molecule has 1 amide bonds. The van der Waals surface area contributed by atoms with E-state index < -0.39 is 0 Å². The van der Waals surface area contributed by atoms with Crippen LogP contribution < -0.4 is 10.2 Å². The number of fused-ring (bicyclic) bond motifs is 2. The molecule has 1 saturated carbocycles. The van der Waals surface area contributed by atoms with Crippen molar-refractivity contribution in [2.24, 2.45) is 5.92 Å². The zero-order valence-corrected chi connectivity index (χ0v) is 18.5. The summed E-state index contributed by atoms with van der Waals surface area (Å²) in [7, 11) is 0. The number of nitrogens with one attached hydrogen (secondary N) is 1. The van der Waals surface area contributed by atoms with Crippen LogP contribution in [-0.2, 0) is 4.79 Å². The van der Waals surface area contributed by atoms with Crippen LogP contribution in [0.15, 0.2) is 48.8 Å². The van der Waals surface area contributed by atoms with Crippen LogP contribution in [0.2, 0.25) is 0 Å².